The van der Waals surface area contributed by atoms with Gasteiger partial charge in [-0.1, -0.05) is 0 Å². The van der Waals surface area contributed by atoms with Gasteiger partial charge in [0.25, 0.3) is 0 Å². The molecule has 0 saturated carbocycles. The van der Waals surface area contributed by atoms with E-state index >= 15 is 0 Å². The predicted octanol–water partition coefficient (Wildman–Crippen LogP) is 1.38. The van der Waals surface area contributed by atoms with Crippen LogP contribution in [0.15, 0.2) is 37.2 Å². The topological polar surface area (TPSA) is 86.7 Å². The molecule has 0 aliphatic heterocycles. The van der Waals surface area contributed by atoms with Gasteiger partial charge in [-0.3, -0.25) is 4.98 Å². The Labute approximate surface area is 125 Å². The Morgan fingerprint density at radius 2 is 2.00 bits per heavy atom. The van der Waals surface area contributed by atoms with Crippen LogP contribution in [-0.2, 0) is 0 Å². The van der Waals surface area contributed by atoms with Gasteiger partial charge in [-0.15, -0.1) is 5.10 Å². The van der Waals surface area contributed by atoms with Gasteiger partial charge in [-0.05, 0) is 26.0 Å². The summed E-state index contributed by atoms with van der Waals surface area (Å²) in [5, 5.41) is 8.76. The first kappa shape index (κ1) is 12.6. The zero-order valence-electron chi connectivity index (χ0n) is 12.0. The SMILES string of the molecule is Cc1nc(C)n2nc(-c3cccnc3)nc(-n3cncn3)c12. The second kappa shape index (κ2) is 4.69. The van der Waals surface area contributed by atoms with Gasteiger partial charge in [0.15, 0.2) is 11.6 Å². The molecule has 0 aliphatic carbocycles. The Morgan fingerprint density at radius 1 is 1.09 bits per heavy atom. The molecule has 22 heavy (non-hydrogen) atoms. The van der Waals surface area contributed by atoms with Crippen LogP contribution in [0.4, 0.5) is 0 Å². The van der Waals surface area contributed by atoms with E-state index in [4.69, 9.17) is 0 Å². The van der Waals surface area contributed by atoms with Gasteiger partial charge >= 0.3 is 0 Å². The lowest BCUT2D eigenvalue weighted by Crippen LogP contribution is -2.08. The van der Waals surface area contributed by atoms with Gasteiger partial charge in [-0.2, -0.15) is 5.10 Å². The van der Waals surface area contributed by atoms with Gasteiger partial charge in [0.05, 0.1) is 5.69 Å². The summed E-state index contributed by atoms with van der Waals surface area (Å²) in [6.07, 6.45) is 6.52. The summed E-state index contributed by atoms with van der Waals surface area (Å²) in [5.41, 5.74) is 2.49. The molecule has 108 valence electrons. The first-order valence-corrected chi connectivity index (χ1v) is 6.73. The summed E-state index contributed by atoms with van der Waals surface area (Å²) >= 11 is 0. The molecule has 0 aliphatic rings. The molecule has 4 aromatic rings. The van der Waals surface area contributed by atoms with E-state index in [2.05, 4.69) is 30.1 Å². The minimum Gasteiger partial charge on any atom is -0.264 e. The molecule has 4 aromatic heterocycles. The number of rotatable bonds is 2. The van der Waals surface area contributed by atoms with Crippen molar-refractivity contribution < 1.29 is 0 Å². The monoisotopic (exact) mass is 292 g/mol. The first-order chi connectivity index (χ1) is 10.7. The lowest BCUT2D eigenvalue weighted by Gasteiger charge is -2.07. The van der Waals surface area contributed by atoms with Gasteiger partial charge in [0.1, 0.15) is 24.0 Å². The summed E-state index contributed by atoms with van der Waals surface area (Å²) < 4.78 is 3.40. The van der Waals surface area contributed by atoms with E-state index in [-0.39, 0.29) is 0 Å². The fourth-order valence-electron chi connectivity index (χ4n) is 2.40. The van der Waals surface area contributed by atoms with E-state index in [0.29, 0.717) is 11.6 Å². The summed E-state index contributed by atoms with van der Waals surface area (Å²) in [6, 6.07) is 3.77. The minimum absolute atomic E-state index is 0.562. The minimum atomic E-state index is 0.562. The fourth-order valence-corrected chi connectivity index (χ4v) is 2.40. The number of aromatic nitrogens is 8. The molecule has 4 rings (SSSR count). The van der Waals surface area contributed by atoms with Crippen LogP contribution in [0.25, 0.3) is 22.7 Å². The maximum atomic E-state index is 4.64. The van der Waals surface area contributed by atoms with Crippen molar-refractivity contribution in [2.24, 2.45) is 0 Å². The summed E-state index contributed by atoms with van der Waals surface area (Å²) in [7, 11) is 0. The summed E-state index contributed by atoms with van der Waals surface area (Å²) in [6.45, 7) is 3.83. The highest BCUT2D eigenvalue weighted by Gasteiger charge is 2.17. The first-order valence-electron chi connectivity index (χ1n) is 6.73. The van der Waals surface area contributed by atoms with E-state index in [9.17, 15) is 0 Å². The lowest BCUT2D eigenvalue weighted by atomic mass is 10.3. The molecule has 0 unspecified atom stereocenters. The highest BCUT2D eigenvalue weighted by atomic mass is 15.4. The van der Waals surface area contributed by atoms with E-state index in [1.807, 2.05) is 26.0 Å². The molecular formula is C14H12N8. The summed E-state index contributed by atoms with van der Waals surface area (Å²) in [5.74, 6) is 2.00. The van der Waals surface area contributed by atoms with E-state index in [1.54, 1.807) is 27.9 Å². The maximum Gasteiger partial charge on any atom is 0.185 e. The van der Waals surface area contributed by atoms with Crippen LogP contribution in [0.2, 0.25) is 0 Å². The molecule has 4 heterocycles. The normalized spacial score (nSPS) is 11.2. The molecule has 0 atom stereocenters. The van der Waals surface area contributed by atoms with E-state index in [1.165, 1.54) is 6.33 Å². The van der Waals surface area contributed by atoms with Crippen LogP contribution in [0.1, 0.15) is 11.5 Å². The quantitative estimate of drug-likeness (QED) is 0.555. The molecule has 0 fully saturated rings. The number of pyridine rings is 1. The molecule has 8 nitrogen and oxygen atoms in total. The molecule has 0 amide bonds. The Hall–Kier alpha value is -3.16. The van der Waals surface area contributed by atoms with Gasteiger partial charge in [0.2, 0.25) is 0 Å². The van der Waals surface area contributed by atoms with Crippen LogP contribution < -0.4 is 0 Å². The molecule has 0 N–H and O–H groups in total. The van der Waals surface area contributed by atoms with Crippen molar-refractivity contribution in [1.29, 1.82) is 0 Å². The molecule has 8 heteroatoms. The van der Waals surface area contributed by atoms with Crippen molar-refractivity contribution in [3.63, 3.8) is 0 Å². The third-order valence-electron chi connectivity index (χ3n) is 3.36. The standard InChI is InChI=1S/C14H12N8/c1-9-12-14(21-8-16-7-17-21)19-13(11-4-3-5-15-6-11)20-22(12)10(2)18-9/h3-8H,1-2H3. The maximum absolute atomic E-state index is 4.64. The smallest absolute Gasteiger partial charge is 0.185 e. The van der Waals surface area contributed by atoms with Gasteiger partial charge < -0.3 is 0 Å². The largest absolute Gasteiger partial charge is 0.264 e. The molecule has 0 aromatic carbocycles. The Bertz CT molecular complexity index is 940. The van der Waals surface area contributed by atoms with Crippen LogP contribution in [0, 0.1) is 13.8 Å². The third-order valence-corrected chi connectivity index (χ3v) is 3.36. The van der Waals surface area contributed by atoms with Crippen LogP contribution in [-0.4, -0.2) is 39.3 Å². The highest BCUT2D eigenvalue weighted by Crippen LogP contribution is 2.21. The molecule has 0 saturated heterocycles. The predicted molar refractivity (Wildman–Crippen MR) is 78.4 cm³/mol. The highest BCUT2D eigenvalue weighted by molar-refractivity contribution is 5.67. The Kier molecular flexibility index (Phi) is 2.68. The number of nitrogens with zero attached hydrogens (tertiary/aromatic N) is 8. The Morgan fingerprint density at radius 3 is 2.73 bits per heavy atom. The number of aryl methyl sites for hydroxylation is 2. The van der Waals surface area contributed by atoms with E-state index in [0.717, 1.165) is 22.6 Å². The van der Waals surface area contributed by atoms with Crippen molar-refractivity contribution in [3.8, 4) is 17.2 Å². The van der Waals surface area contributed by atoms with Gasteiger partial charge in [-0.25, -0.2) is 24.1 Å². The fraction of sp³-hybridized carbons (Fsp3) is 0.143. The molecular weight excluding hydrogens is 280 g/mol. The van der Waals surface area contributed by atoms with Crippen molar-refractivity contribution in [2.45, 2.75) is 13.8 Å². The zero-order chi connectivity index (χ0) is 15.1. The second-order valence-corrected chi connectivity index (χ2v) is 4.85. The summed E-state index contributed by atoms with van der Waals surface area (Å²) in [4.78, 5) is 17.2. The van der Waals surface area contributed by atoms with Crippen LogP contribution in [0.3, 0.4) is 0 Å². The van der Waals surface area contributed by atoms with Crippen LogP contribution in [0.5, 0.6) is 0 Å². The number of imidazole rings is 1. The third kappa shape index (κ3) is 1.85. The Balaban J connectivity index is 2.08. The average molecular weight is 292 g/mol. The molecule has 0 spiro atoms. The number of fused-ring (bicyclic) bond motifs is 1. The number of hydrogen-bond acceptors (Lipinski definition) is 6. The van der Waals surface area contributed by atoms with E-state index < -0.39 is 0 Å². The van der Waals surface area contributed by atoms with Crippen molar-refractivity contribution >= 4 is 5.52 Å². The molecule has 0 bridgehead atoms. The lowest BCUT2D eigenvalue weighted by molar-refractivity contribution is 0.799. The second-order valence-electron chi connectivity index (χ2n) is 4.85. The van der Waals surface area contributed by atoms with Crippen molar-refractivity contribution in [3.05, 3.63) is 48.7 Å². The zero-order valence-corrected chi connectivity index (χ0v) is 12.0. The van der Waals surface area contributed by atoms with Crippen LogP contribution >= 0.6 is 0 Å². The average Bonchev–Trinajstić information content (AvgIpc) is 3.17. The number of hydrogen-bond donors (Lipinski definition) is 0. The molecule has 0 radical (unpaired) electrons. The van der Waals surface area contributed by atoms with Crippen molar-refractivity contribution in [1.82, 2.24) is 39.3 Å². The van der Waals surface area contributed by atoms with Gasteiger partial charge in [0, 0.05) is 18.0 Å². The van der Waals surface area contributed by atoms with Crippen molar-refractivity contribution in [2.75, 3.05) is 0 Å².